The van der Waals surface area contributed by atoms with Gasteiger partial charge in [0.25, 0.3) is 0 Å². The molecule has 0 fully saturated rings. The van der Waals surface area contributed by atoms with Crippen molar-refractivity contribution in [2.75, 3.05) is 0 Å². The molecule has 3 rings (SSSR count). The highest BCUT2D eigenvalue weighted by molar-refractivity contribution is 9.10. The van der Waals surface area contributed by atoms with Crippen molar-refractivity contribution in [1.82, 2.24) is 9.61 Å². The van der Waals surface area contributed by atoms with Gasteiger partial charge in [0.1, 0.15) is 5.82 Å². The highest BCUT2D eigenvalue weighted by Crippen LogP contribution is 2.24. The quantitative estimate of drug-likeness (QED) is 0.795. The lowest BCUT2D eigenvalue weighted by molar-refractivity contribution is 0.180. The van der Waals surface area contributed by atoms with Crippen LogP contribution in [0.5, 0.6) is 0 Å². The smallest absolute Gasteiger partial charge is 0.124 e. The number of aliphatic hydroxyl groups is 1. The van der Waals surface area contributed by atoms with Gasteiger partial charge in [-0.05, 0) is 35.9 Å². The van der Waals surface area contributed by atoms with Crippen molar-refractivity contribution in [2.45, 2.75) is 12.5 Å². The molecule has 3 aromatic rings. The van der Waals surface area contributed by atoms with Crippen molar-refractivity contribution in [3.63, 3.8) is 0 Å². The van der Waals surface area contributed by atoms with Gasteiger partial charge in [0.2, 0.25) is 0 Å². The van der Waals surface area contributed by atoms with E-state index in [1.165, 1.54) is 12.1 Å². The Balaban J connectivity index is 1.91. The zero-order chi connectivity index (χ0) is 14.1. The van der Waals surface area contributed by atoms with Crippen LogP contribution in [0.2, 0.25) is 0 Å². The number of hydrogen-bond acceptors (Lipinski definition) is 2. The van der Waals surface area contributed by atoms with Crippen molar-refractivity contribution in [2.24, 2.45) is 0 Å². The largest absolute Gasteiger partial charge is 0.388 e. The predicted molar refractivity (Wildman–Crippen MR) is 78.0 cm³/mol. The highest BCUT2D eigenvalue weighted by atomic mass is 79.9. The second-order valence-electron chi connectivity index (χ2n) is 4.63. The Bertz CT molecular complexity index is 736. The molecule has 1 N–H and O–H groups in total. The third kappa shape index (κ3) is 2.59. The van der Waals surface area contributed by atoms with Gasteiger partial charge in [0, 0.05) is 22.7 Å². The summed E-state index contributed by atoms with van der Waals surface area (Å²) in [6.45, 7) is 0. The first-order valence-corrected chi connectivity index (χ1v) is 6.98. The van der Waals surface area contributed by atoms with E-state index < -0.39 is 6.10 Å². The minimum absolute atomic E-state index is 0.318. The van der Waals surface area contributed by atoms with E-state index in [0.717, 1.165) is 16.6 Å². The Labute approximate surface area is 123 Å². The van der Waals surface area contributed by atoms with Gasteiger partial charge in [-0.25, -0.2) is 8.91 Å². The van der Waals surface area contributed by atoms with Crippen LogP contribution < -0.4 is 0 Å². The lowest BCUT2D eigenvalue weighted by Gasteiger charge is -2.10. The molecule has 2 aromatic heterocycles. The summed E-state index contributed by atoms with van der Waals surface area (Å²) in [6.07, 6.45) is 3.09. The van der Waals surface area contributed by atoms with Crippen molar-refractivity contribution in [3.8, 4) is 0 Å². The maximum absolute atomic E-state index is 13.3. The first-order valence-electron chi connectivity index (χ1n) is 6.19. The minimum Gasteiger partial charge on any atom is -0.388 e. The van der Waals surface area contributed by atoms with E-state index in [1.807, 2.05) is 24.4 Å². The number of pyridine rings is 1. The molecular weight excluding hydrogens is 323 g/mol. The Morgan fingerprint density at radius 2 is 2.15 bits per heavy atom. The van der Waals surface area contributed by atoms with Gasteiger partial charge in [-0.15, -0.1) is 0 Å². The van der Waals surface area contributed by atoms with Gasteiger partial charge in [-0.1, -0.05) is 22.0 Å². The molecule has 1 unspecified atom stereocenters. The fraction of sp³-hybridized carbons (Fsp3) is 0.133. The number of halogens is 2. The summed E-state index contributed by atoms with van der Waals surface area (Å²) in [6, 6.07) is 10.3. The Hall–Kier alpha value is -1.72. The monoisotopic (exact) mass is 334 g/mol. The molecule has 0 spiro atoms. The summed E-state index contributed by atoms with van der Waals surface area (Å²) in [4.78, 5) is 0. The van der Waals surface area contributed by atoms with Gasteiger partial charge in [0.15, 0.2) is 0 Å². The van der Waals surface area contributed by atoms with Gasteiger partial charge in [-0.3, -0.25) is 0 Å². The maximum atomic E-state index is 13.3. The van der Waals surface area contributed by atoms with Gasteiger partial charge >= 0.3 is 0 Å². The second kappa shape index (κ2) is 5.34. The summed E-state index contributed by atoms with van der Waals surface area (Å²) in [5, 5.41) is 14.5. The second-order valence-corrected chi connectivity index (χ2v) is 5.54. The van der Waals surface area contributed by atoms with E-state index in [1.54, 1.807) is 16.8 Å². The average Bonchev–Trinajstić information content (AvgIpc) is 2.81. The van der Waals surface area contributed by atoms with E-state index in [9.17, 15) is 9.50 Å². The maximum Gasteiger partial charge on any atom is 0.124 e. The van der Waals surface area contributed by atoms with Crippen molar-refractivity contribution in [3.05, 3.63) is 70.2 Å². The molecule has 0 saturated carbocycles. The number of hydrogen-bond donors (Lipinski definition) is 1. The van der Waals surface area contributed by atoms with Gasteiger partial charge in [-0.2, -0.15) is 5.10 Å². The molecule has 0 saturated heterocycles. The van der Waals surface area contributed by atoms with Crippen LogP contribution in [0.3, 0.4) is 0 Å². The summed E-state index contributed by atoms with van der Waals surface area (Å²) in [5.41, 5.74) is 2.33. The first-order chi connectivity index (χ1) is 9.63. The van der Waals surface area contributed by atoms with Crippen LogP contribution >= 0.6 is 15.9 Å². The van der Waals surface area contributed by atoms with Gasteiger partial charge in [0.05, 0.1) is 17.8 Å². The van der Waals surface area contributed by atoms with Crippen LogP contribution in [0.15, 0.2) is 53.3 Å². The zero-order valence-electron chi connectivity index (χ0n) is 10.5. The lowest BCUT2D eigenvalue weighted by Crippen LogP contribution is -2.02. The Morgan fingerprint density at radius 3 is 2.95 bits per heavy atom. The van der Waals surface area contributed by atoms with Crippen molar-refractivity contribution < 1.29 is 9.50 Å². The fourth-order valence-corrected chi connectivity index (χ4v) is 2.79. The molecular formula is C15H12BrFN2O. The van der Waals surface area contributed by atoms with Crippen molar-refractivity contribution >= 4 is 21.4 Å². The number of aliphatic hydroxyl groups excluding tert-OH is 1. The summed E-state index contributed by atoms with van der Waals surface area (Å²) in [5.74, 6) is -0.318. The molecule has 0 aliphatic heterocycles. The SMILES string of the molecule is OC(Cc1cc(F)cc(Br)c1)c1cnn2ccccc12. The topological polar surface area (TPSA) is 37.5 Å². The van der Waals surface area contributed by atoms with E-state index in [2.05, 4.69) is 21.0 Å². The molecule has 5 heteroatoms. The van der Waals surface area contributed by atoms with Crippen LogP contribution in [0.4, 0.5) is 4.39 Å². The molecule has 0 aliphatic rings. The van der Waals surface area contributed by atoms with E-state index in [-0.39, 0.29) is 5.82 Å². The number of rotatable bonds is 3. The third-order valence-electron chi connectivity index (χ3n) is 3.17. The molecule has 0 radical (unpaired) electrons. The highest BCUT2D eigenvalue weighted by Gasteiger charge is 2.14. The number of aromatic nitrogens is 2. The molecule has 20 heavy (non-hydrogen) atoms. The number of nitrogens with zero attached hydrogens (tertiary/aromatic N) is 2. The summed E-state index contributed by atoms with van der Waals surface area (Å²) >= 11 is 3.25. The summed E-state index contributed by atoms with van der Waals surface area (Å²) in [7, 11) is 0. The van der Waals surface area contributed by atoms with Crippen LogP contribution in [-0.2, 0) is 6.42 Å². The first kappa shape index (κ1) is 13.3. The molecule has 0 bridgehead atoms. The molecule has 2 heterocycles. The normalized spacial score (nSPS) is 12.8. The standard InChI is InChI=1S/C15H12BrFN2O/c16-11-5-10(6-12(17)8-11)7-15(20)13-9-18-19-4-2-1-3-14(13)19/h1-6,8-9,15,20H,7H2. The van der Waals surface area contributed by atoms with Gasteiger partial charge < -0.3 is 5.11 Å². The number of benzene rings is 1. The Morgan fingerprint density at radius 1 is 1.30 bits per heavy atom. The van der Waals surface area contributed by atoms with Crippen molar-refractivity contribution in [1.29, 1.82) is 0 Å². The molecule has 3 nitrogen and oxygen atoms in total. The summed E-state index contributed by atoms with van der Waals surface area (Å²) < 4.78 is 15.7. The predicted octanol–water partition coefficient (Wildman–Crippen LogP) is 3.51. The Kier molecular flexibility index (Phi) is 3.54. The fourth-order valence-electron chi connectivity index (χ4n) is 2.27. The van der Waals surface area contributed by atoms with E-state index in [4.69, 9.17) is 0 Å². The third-order valence-corrected chi connectivity index (χ3v) is 3.62. The van der Waals surface area contributed by atoms with Crippen LogP contribution in [0, 0.1) is 5.82 Å². The molecule has 0 amide bonds. The molecule has 1 aromatic carbocycles. The number of fused-ring (bicyclic) bond motifs is 1. The van der Waals surface area contributed by atoms with E-state index >= 15 is 0 Å². The molecule has 0 aliphatic carbocycles. The van der Waals surface area contributed by atoms with Crippen LogP contribution in [0.1, 0.15) is 17.2 Å². The molecule has 1 atom stereocenters. The lowest BCUT2D eigenvalue weighted by atomic mass is 10.0. The van der Waals surface area contributed by atoms with Crippen LogP contribution in [-0.4, -0.2) is 14.7 Å². The van der Waals surface area contributed by atoms with E-state index in [0.29, 0.717) is 10.9 Å². The zero-order valence-corrected chi connectivity index (χ0v) is 12.1. The molecule has 102 valence electrons. The average molecular weight is 335 g/mol. The minimum atomic E-state index is -0.719. The van der Waals surface area contributed by atoms with Crippen LogP contribution in [0.25, 0.3) is 5.52 Å².